The van der Waals surface area contributed by atoms with E-state index in [1.807, 2.05) is 37.3 Å². The summed E-state index contributed by atoms with van der Waals surface area (Å²) < 4.78 is 5.70. The molecule has 1 aromatic carbocycles. The first-order valence-electron chi connectivity index (χ1n) is 7.59. The van der Waals surface area contributed by atoms with Crippen LogP contribution in [-0.4, -0.2) is 28.6 Å². The van der Waals surface area contributed by atoms with Crippen molar-refractivity contribution in [3.8, 4) is 11.3 Å². The van der Waals surface area contributed by atoms with Crippen LogP contribution in [-0.2, 0) is 11.2 Å². The minimum absolute atomic E-state index is 0.00363. The highest BCUT2D eigenvalue weighted by Gasteiger charge is 2.09. The van der Waals surface area contributed by atoms with Crippen molar-refractivity contribution in [3.63, 3.8) is 0 Å². The maximum atomic E-state index is 11.7. The van der Waals surface area contributed by atoms with E-state index in [4.69, 9.17) is 9.52 Å². The summed E-state index contributed by atoms with van der Waals surface area (Å²) in [6.45, 7) is 1.97. The molecule has 0 aliphatic heterocycles. The van der Waals surface area contributed by atoms with E-state index in [2.05, 4.69) is 10.3 Å². The van der Waals surface area contributed by atoms with E-state index >= 15 is 0 Å². The Labute approximate surface area is 130 Å². The molecule has 5 nitrogen and oxygen atoms in total. The van der Waals surface area contributed by atoms with Crippen LogP contribution >= 0.6 is 0 Å². The fraction of sp³-hybridized carbons (Fsp3) is 0.412. The molecule has 0 aliphatic rings. The third-order valence-electron chi connectivity index (χ3n) is 3.38. The number of oxazole rings is 1. The molecule has 2 aromatic rings. The van der Waals surface area contributed by atoms with Gasteiger partial charge in [0.05, 0.1) is 6.20 Å². The largest absolute Gasteiger partial charge is 0.441 e. The molecule has 0 fully saturated rings. The van der Waals surface area contributed by atoms with E-state index < -0.39 is 0 Å². The van der Waals surface area contributed by atoms with Crippen LogP contribution < -0.4 is 5.32 Å². The van der Waals surface area contributed by atoms with Gasteiger partial charge < -0.3 is 14.8 Å². The second-order valence-electron chi connectivity index (χ2n) is 5.32. The Balaban J connectivity index is 1.76. The monoisotopic (exact) mass is 302 g/mol. The number of hydrogen-bond donors (Lipinski definition) is 2. The molecule has 2 rings (SSSR count). The lowest BCUT2D eigenvalue weighted by molar-refractivity contribution is -0.121. The number of aromatic nitrogens is 1. The highest BCUT2D eigenvalue weighted by atomic mass is 16.4. The van der Waals surface area contributed by atoms with Crippen molar-refractivity contribution < 1.29 is 14.3 Å². The summed E-state index contributed by atoms with van der Waals surface area (Å²) in [7, 11) is 0. The molecule has 0 bridgehead atoms. The zero-order chi connectivity index (χ0) is 15.8. The van der Waals surface area contributed by atoms with E-state index in [1.165, 1.54) is 0 Å². The van der Waals surface area contributed by atoms with Crippen molar-refractivity contribution in [1.29, 1.82) is 0 Å². The molecule has 22 heavy (non-hydrogen) atoms. The van der Waals surface area contributed by atoms with E-state index in [-0.39, 0.29) is 18.6 Å². The maximum Gasteiger partial charge on any atom is 0.220 e. The predicted molar refractivity (Wildman–Crippen MR) is 84.2 cm³/mol. The van der Waals surface area contributed by atoms with Crippen molar-refractivity contribution in [2.75, 3.05) is 6.61 Å². The van der Waals surface area contributed by atoms with Gasteiger partial charge in [-0.2, -0.15) is 0 Å². The molecule has 1 unspecified atom stereocenters. The van der Waals surface area contributed by atoms with Gasteiger partial charge >= 0.3 is 0 Å². The smallest absolute Gasteiger partial charge is 0.220 e. The van der Waals surface area contributed by atoms with E-state index in [9.17, 15) is 4.79 Å². The fourth-order valence-electron chi connectivity index (χ4n) is 2.17. The number of carbonyl (C=O) groups is 1. The van der Waals surface area contributed by atoms with Crippen LogP contribution in [0.3, 0.4) is 0 Å². The summed E-state index contributed by atoms with van der Waals surface area (Å²) in [4.78, 5) is 15.9. The number of rotatable bonds is 8. The Kier molecular flexibility index (Phi) is 6.15. The van der Waals surface area contributed by atoms with Crippen molar-refractivity contribution in [2.24, 2.45) is 0 Å². The number of aryl methyl sites for hydroxylation is 1. The zero-order valence-electron chi connectivity index (χ0n) is 12.8. The third-order valence-corrected chi connectivity index (χ3v) is 3.38. The molecule has 0 spiro atoms. The highest BCUT2D eigenvalue weighted by molar-refractivity contribution is 5.76. The molecule has 0 radical (unpaired) electrons. The van der Waals surface area contributed by atoms with Crippen molar-refractivity contribution in [3.05, 3.63) is 42.4 Å². The minimum atomic E-state index is -0.00390. The van der Waals surface area contributed by atoms with Gasteiger partial charge in [0.25, 0.3) is 0 Å². The average molecular weight is 302 g/mol. The summed E-state index contributed by atoms with van der Waals surface area (Å²) in [6.07, 6.45) is 4.04. The zero-order valence-corrected chi connectivity index (χ0v) is 12.8. The Morgan fingerprint density at radius 3 is 2.86 bits per heavy atom. The second kappa shape index (κ2) is 8.34. The molecule has 1 amide bonds. The molecule has 0 saturated heterocycles. The van der Waals surface area contributed by atoms with Crippen LogP contribution in [0.25, 0.3) is 11.3 Å². The quantitative estimate of drug-likeness (QED) is 0.786. The van der Waals surface area contributed by atoms with Crippen LogP contribution in [0.15, 0.2) is 40.9 Å². The number of benzene rings is 1. The summed E-state index contributed by atoms with van der Waals surface area (Å²) in [5.41, 5.74) is 0.997. The lowest BCUT2D eigenvalue weighted by Gasteiger charge is -2.11. The van der Waals surface area contributed by atoms with Crippen LogP contribution in [0.1, 0.15) is 32.1 Å². The van der Waals surface area contributed by atoms with Gasteiger partial charge in [0.2, 0.25) is 5.91 Å². The van der Waals surface area contributed by atoms with E-state index in [0.29, 0.717) is 31.6 Å². The topological polar surface area (TPSA) is 75.4 Å². The maximum absolute atomic E-state index is 11.7. The highest BCUT2D eigenvalue weighted by Crippen LogP contribution is 2.20. The number of nitrogens with zero attached hydrogens (tertiary/aromatic N) is 1. The van der Waals surface area contributed by atoms with Crippen LogP contribution in [0.4, 0.5) is 0 Å². The first kappa shape index (κ1) is 16.2. The van der Waals surface area contributed by atoms with Gasteiger partial charge in [-0.25, -0.2) is 4.98 Å². The summed E-state index contributed by atoms with van der Waals surface area (Å²) in [6, 6.07) is 9.81. The number of hydrogen-bond acceptors (Lipinski definition) is 4. The Morgan fingerprint density at radius 1 is 1.36 bits per heavy atom. The van der Waals surface area contributed by atoms with Crippen LogP contribution in [0.2, 0.25) is 0 Å². The van der Waals surface area contributed by atoms with Gasteiger partial charge in [0.1, 0.15) is 0 Å². The summed E-state index contributed by atoms with van der Waals surface area (Å²) >= 11 is 0. The Bertz CT molecular complexity index is 581. The van der Waals surface area contributed by atoms with Crippen molar-refractivity contribution in [1.82, 2.24) is 10.3 Å². The summed E-state index contributed by atoms with van der Waals surface area (Å²) in [5, 5.41) is 11.6. The van der Waals surface area contributed by atoms with Gasteiger partial charge in [0.15, 0.2) is 11.7 Å². The standard InChI is InChI=1S/C17H22N2O3/c1-13(10-11-20)19-16(21)8-5-9-17-18-12-15(22-17)14-6-3-2-4-7-14/h2-4,6-7,12-13,20H,5,8-11H2,1H3,(H,19,21). The van der Waals surface area contributed by atoms with E-state index in [0.717, 1.165) is 11.3 Å². The van der Waals surface area contributed by atoms with Gasteiger partial charge in [0, 0.05) is 31.1 Å². The Morgan fingerprint density at radius 2 is 2.14 bits per heavy atom. The summed E-state index contributed by atoms with van der Waals surface area (Å²) in [5.74, 6) is 1.39. The third kappa shape index (κ3) is 5.00. The number of aliphatic hydroxyl groups excluding tert-OH is 1. The molecule has 0 saturated carbocycles. The molecular weight excluding hydrogens is 280 g/mol. The molecule has 2 N–H and O–H groups in total. The molecule has 1 atom stereocenters. The molecule has 1 heterocycles. The number of aliphatic hydroxyl groups is 1. The first-order valence-corrected chi connectivity index (χ1v) is 7.59. The van der Waals surface area contributed by atoms with Crippen LogP contribution in [0.5, 0.6) is 0 Å². The predicted octanol–water partition coefficient (Wildman–Crippen LogP) is 2.55. The molecule has 118 valence electrons. The van der Waals surface area contributed by atoms with Crippen LogP contribution in [0, 0.1) is 0 Å². The minimum Gasteiger partial charge on any atom is -0.441 e. The van der Waals surface area contributed by atoms with Gasteiger partial charge in [-0.15, -0.1) is 0 Å². The molecule has 1 aromatic heterocycles. The average Bonchev–Trinajstić information content (AvgIpc) is 2.97. The van der Waals surface area contributed by atoms with Crippen molar-refractivity contribution in [2.45, 2.75) is 38.6 Å². The lowest BCUT2D eigenvalue weighted by atomic mass is 10.2. The Hall–Kier alpha value is -2.14. The molecular formula is C17H22N2O3. The number of amides is 1. The fourth-order valence-corrected chi connectivity index (χ4v) is 2.17. The SMILES string of the molecule is CC(CCO)NC(=O)CCCc1ncc(-c2ccccc2)o1. The van der Waals surface area contributed by atoms with Gasteiger partial charge in [-0.05, 0) is 19.8 Å². The van der Waals surface area contributed by atoms with Gasteiger partial charge in [-0.3, -0.25) is 4.79 Å². The number of carbonyl (C=O) groups excluding carboxylic acids is 1. The molecule has 5 heteroatoms. The second-order valence-corrected chi connectivity index (χ2v) is 5.32. The lowest BCUT2D eigenvalue weighted by Crippen LogP contribution is -2.33. The van der Waals surface area contributed by atoms with E-state index in [1.54, 1.807) is 6.20 Å². The normalized spacial score (nSPS) is 12.1. The first-order chi connectivity index (χ1) is 10.7. The van der Waals surface area contributed by atoms with Gasteiger partial charge in [-0.1, -0.05) is 30.3 Å². The number of nitrogens with one attached hydrogen (secondary N) is 1. The molecule has 0 aliphatic carbocycles. The van der Waals surface area contributed by atoms with Crippen molar-refractivity contribution >= 4 is 5.91 Å².